The monoisotopic (exact) mass is 946 g/mol. The number of fused-ring (bicyclic) bond motifs is 5. The minimum absolute atomic E-state index is 0.00830. The summed E-state index contributed by atoms with van der Waals surface area (Å²) in [5, 5.41) is 2.92. The third-order valence-electron chi connectivity index (χ3n) is 14.2. The quantitative estimate of drug-likeness (QED) is 0.253. The topological polar surface area (TPSA) is 186 Å². The zero-order valence-electron chi connectivity index (χ0n) is 37.7. The first-order valence-corrected chi connectivity index (χ1v) is 24.8. The van der Waals surface area contributed by atoms with Crippen LogP contribution in [0.25, 0.3) is 10.9 Å². The lowest BCUT2D eigenvalue weighted by atomic mass is 10.0. The first kappa shape index (κ1) is 47.8. The molecule has 6 atom stereocenters. The Bertz CT molecular complexity index is 2310. The van der Waals surface area contributed by atoms with Crippen LogP contribution in [0.1, 0.15) is 95.6 Å². The van der Waals surface area contributed by atoms with Crippen LogP contribution in [0.5, 0.6) is 11.6 Å². The molecule has 4 unspecified atom stereocenters. The lowest BCUT2D eigenvalue weighted by molar-refractivity contribution is -0.149. The number of hydrogen-bond donors (Lipinski definition) is 2. The molecule has 6 aliphatic rings. The number of unbranched alkanes of at least 4 members (excludes halogenated alkanes) is 1. The summed E-state index contributed by atoms with van der Waals surface area (Å²) < 4.78 is 94.8. The van der Waals surface area contributed by atoms with E-state index in [1.165, 1.54) is 21.9 Å². The van der Waals surface area contributed by atoms with Gasteiger partial charge in [-0.1, -0.05) is 32.3 Å². The molecule has 0 radical (unpaired) electrons. The van der Waals surface area contributed by atoms with E-state index in [9.17, 15) is 36.0 Å². The second kappa shape index (κ2) is 19.1. The molecule has 2 aromatic rings. The Morgan fingerprint density at radius 2 is 1.89 bits per heavy atom. The van der Waals surface area contributed by atoms with Gasteiger partial charge in [0.25, 0.3) is 5.91 Å². The van der Waals surface area contributed by atoms with Crippen molar-refractivity contribution in [1.82, 2.24) is 29.7 Å². The maximum Gasteiger partial charge on any atom is 0.416 e. The molecule has 0 spiro atoms. The summed E-state index contributed by atoms with van der Waals surface area (Å²) in [6, 6.07) is 2.07. The van der Waals surface area contributed by atoms with Gasteiger partial charge in [-0.2, -0.15) is 13.2 Å². The van der Waals surface area contributed by atoms with Gasteiger partial charge in [-0.25, -0.2) is 18.2 Å². The molecule has 3 saturated carbocycles. The number of pyridine rings is 1. The normalized spacial score (nSPS) is 28.0. The molecule has 2 bridgehead atoms. The highest BCUT2D eigenvalue weighted by Crippen LogP contribution is 2.52. The molecule has 4 heterocycles. The Morgan fingerprint density at radius 3 is 2.59 bits per heavy atom. The summed E-state index contributed by atoms with van der Waals surface area (Å²) in [5.41, 5.74) is -1.97. The molecule has 1 aromatic carbocycles. The number of aromatic nitrogens is 1. The van der Waals surface area contributed by atoms with Crippen LogP contribution < -0.4 is 19.5 Å². The number of benzene rings is 1. The van der Waals surface area contributed by atoms with Gasteiger partial charge in [0.05, 0.1) is 41.1 Å². The zero-order chi connectivity index (χ0) is 47.0. The van der Waals surface area contributed by atoms with Gasteiger partial charge in [0.2, 0.25) is 27.7 Å². The van der Waals surface area contributed by atoms with Gasteiger partial charge in [-0.05, 0) is 82.4 Å². The van der Waals surface area contributed by atoms with Gasteiger partial charge in [-0.3, -0.25) is 24.0 Å². The Kier molecular flexibility index (Phi) is 13.9. The van der Waals surface area contributed by atoms with Gasteiger partial charge in [0, 0.05) is 43.9 Å². The summed E-state index contributed by atoms with van der Waals surface area (Å²) >= 11 is 0. The second-order valence-corrected chi connectivity index (χ2v) is 21.1. The maximum absolute atomic E-state index is 15.2. The standard InChI is InChI=1S/C46H61F3N6O10S/c1-4-6-16-55(45(26-30(45)5-2)42(58)52-66(60,61)44(3)14-15-44)41(57)36-25-32-28-54(36)38(56)27-50-43(59)65-37-23-29(37)10-8-7-9-11-34-39(63-22-19-53-17-20-62-21-18-53)33-13-12-31(46(47,48)49)24-35(33)51-40(34)64-32/h5,12-13,24,29-30,32,36-37H,2,4,6-11,14-23,25-28H2,1,3H3,(H,50,59)(H,52,58)/t29?,30-,32?,36?,37?,45-/m1/s1. The number of amides is 4. The molecule has 3 aliphatic carbocycles. The highest BCUT2D eigenvalue weighted by Gasteiger charge is 2.66. The van der Waals surface area contributed by atoms with E-state index in [2.05, 4.69) is 21.5 Å². The number of halogens is 3. The van der Waals surface area contributed by atoms with Crippen LogP contribution in [0, 0.1) is 11.8 Å². The molecule has 8 rings (SSSR count). The van der Waals surface area contributed by atoms with Gasteiger partial charge < -0.3 is 34.1 Å². The number of alkyl carbamates (subject to hydrolysis) is 1. The van der Waals surface area contributed by atoms with Crippen LogP contribution in [0.4, 0.5) is 18.0 Å². The fourth-order valence-electron chi connectivity index (χ4n) is 9.57. The molecule has 362 valence electrons. The lowest BCUT2D eigenvalue weighted by Crippen LogP contribution is -2.59. The van der Waals surface area contributed by atoms with Crippen LogP contribution >= 0.6 is 0 Å². The summed E-state index contributed by atoms with van der Waals surface area (Å²) in [4.78, 5) is 66.1. The number of carbonyl (C=O) groups is 4. The summed E-state index contributed by atoms with van der Waals surface area (Å²) in [6.45, 7) is 10.0. The smallest absolute Gasteiger partial charge is 0.416 e. The molecule has 5 fully saturated rings. The van der Waals surface area contributed by atoms with E-state index >= 15 is 4.79 Å². The van der Waals surface area contributed by atoms with Crippen LogP contribution in [0.2, 0.25) is 0 Å². The molecule has 2 saturated heterocycles. The first-order valence-electron chi connectivity index (χ1n) is 23.4. The highest BCUT2D eigenvalue weighted by molar-refractivity contribution is 7.91. The van der Waals surface area contributed by atoms with Crippen molar-refractivity contribution >= 4 is 44.7 Å². The Morgan fingerprint density at radius 1 is 1.12 bits per heavy atom. The summed E-state index contributed by atoms with van der Waals surface area (Å²) in [6.07, 6.45) is 0.825. The molecule has 4 amide bonds. The minimum Gasteiger partial charge on any atom is -0.491 e. The largest absolute Gasteiger partial charge is 0.491 e. The molecule has 66 heavy (non-hydrogen) atoms. The van der Waals surface area contributed by atoms with E-state index in [4.69, 9.17) is 23.9 Å². The number of nitrogens with one attached hydrogen (secondary N) is 2. The highest BCUT2D eigenvalue weighted by atomic mass is 32.2. The van der Waals surface area contributed by atoms with E-state index in [0.29, 0.717) is 94.5 Å². The number of alkyl halides is 3. The lowest BCUT2D eigenvalue weighted by Gasteiger charge is -2.36. The number of carbonyl (C=O) groups excluding carboxylic acids is 4. The fourth-order valence-corrected chi connectivity index (χ4v) is 10.9. The molecule has 16 nitrogen and oxygen atoms in total. The SMILES string of the molecule is C=C[C@@H]1C[C@@]1(C(=O)NS(=O)(=O)C1(C)CC1)N(CCCC)C(=O)C1CC2CN1C(=O)CNC(=O)OC1CC1CCCCCc1c(nc3cc(C(F)(F)F)ccc3c1OCCN1CCOCC1)O2. The van der Waals surface area contributed by atoms with Crippen molar-refractivity contribution in [2.24, 2.45) is 11.8 Å². The minimum atomic E-state index is -4.67. The van der Waals surface area contributed by atoms with E-state index < -0.39 is 80.5 Å². The van der Waals surface area contributed by atoms with Crippen molar-refractivity contribution in [2.45, 2.75) is 126 Å². The van der Waals surface area contributed by atoms with Crippen molar-refractivity contribution < 1.29 is 59.7 Å². The number of rotatable bonds is 13. The molecular formula is C46H61F3N6O10S. The number of morpholine rings is 1. The third kappa shape index (κ3) is 10.1. The van der Waals surface area contributed by atoms with Crippen LogP contribution in [-0.2, 0) is 46.5 Å². The van der Waals surface area contributed by atoms with Crippen molar-refractivity contribution in [2.75, 3.05) is 59.1 Å². The Hall–Kier alpha value is -4.69. The first-order chi connectivity index (χ1) is 31.5. The van der Waals surface area contributed by atoms with E-state index in [1.54, 1.807) is 6.92 Å². The summed E-state index contributed by atoms with van der Waals surface area (Å²) in [7, 11) is -4.09. The zero-order valence-corrected chi connectivity index (χ0v) is 38.5. The van der Waals surface area contributed by atoms with Gasteiger partial charge in [0.15, 0.2) is 0 Å². The molecule has 1 aromatic heterocycles. The third-order valence-corrected chi connectivity index (χ3v) is 16.4. The number of sulfonamides is 1. The van der Waals surface area contributed by atoms with Crippen LogP contribution in [0.3, 0.4) is 0 Å². The maximum atomic E-state index is 15.2. The van der Waals surface area contributed by atoms with Gasteiger partial charge in [0.1, 0.15) is 42.7 Å². The van der Waals surface area contributed by atoms with E-state index in [-0.39, 0.29) is 56.0 Å². The van der Waals surface area contributed by atoms with Crippen molar-refractivity contribution in [3.63, 3.8) is 0 Å². The molecule has 3 aliphatic heterocycles. The predicted molar refractivity (Wildman–Crippen MR) is 235 cm³/mol. The number of hydrogen-bond acceptors (Lipinski definition) is 12. The molecular weight excluding hydrogens is 886 g/mol. The van der Waals surface area contributed by atoms with Crippen molar-refractivity contribution in [1.29, 1.82) is 0 Å². The van der Waals surface area contributed by atoms with E-state index in [0.717, 1.165) is 31.4 Å². The average Bonchev–Trinajstić information content (AvgIpc) is 4.24. The Labute approximate surface area is 383 Å². The molecule has 20 heteroatoms. The van der Waals surface area contributed by atoms with Gasteiger partial charge >= 0.3 is 12.3 Å². The van der Waals surface area contributed by atoms with Crippen LogP contribution in [0.15, 0.2) is 30.9 Å². The Balaban J connectivity index is 1.16. The van der Waals surface area contributed by atoms with Gasteiger partial charge in [-0.15, -0.1) is 6.58 Å². The summed E-state index contributed by atoms with van der Waals surface area (Å²) in [5.74, 6) is -2.17. The van der Waals surface area contributed by atoms with Crippen molar-refractivity contribution in [3.8, 4) is 11.6 Å². The van der Waals surface area contributed by atoms with Crippen LogP contribution in [-0.4, -0.2) is 140 Å². The average molecular weight is 947 g/mol. The predicted octanol–water partition coefficient (Wildman–Crippen LogP) is 5.12. The second-order valence-electron chi connectivity index (χ2n) is 18.9. The van der Waals surface area contributed by atoms with E-state index in [1.807, 2.05) is 6.92 Å². The van der Waals surface area contributed by atoms with Crippen molar-refractivity contribution in [3.05, 3.63) is 42.0 Å². The fraction of sp³-hybridized carbons (Fsp3) is 0.674. The number of ether oxygens (including phenoxy) is 4. The molecule has 2 N–H and O–H groups in total. The number of nitrogens with zero attached hydrogens (tertiary/aromatic N) is 4.